The van der Waals surface area contributed by atoms with Crippen LogP contribution in [0.5, 0.6) is 5.75 Å². The van der Waals surface area contributed by atoms with E-state index in [0.717, 1.165) is 16.9 Å². The fraction of sp³-hybridized carbons (Fsp3) is 0.0870. The normalized spacial score (nSPS) is 11.4. The lowest BCUT2D eigenvalue weighted by Gasteiger charge is -2.03. The molecule has 8 heteroatoms. The van der Waals surface area contributed by atoms with E-state index in [1.807, 2.05) is 60.0 Å². The van der Waals surface area contributed by atoms with E-state index < -0.39 is 0 Å². The van der Waals surface area contributed by atoms with Gasteiger partial charge < -0.3 is 4.74 Å². The molecule has 0 fully saturated rings. The van der Waals surface area contributed by atoms with Crippen molar-refractivity contribution < 1.29 is 9.53 Å². The van der Waals surface area contributed by atoms with Crippen LogP contribution in [0.25, 0.3) is 5.65 Å². The Labute approximate surface area is 178 Å². The van der Waals surface area contributed by atoms with Gasteiger partial charge in [-0.2, -0.15) is 5.10 Å². The largest absolute Gasteiger partial charge is 0.496 e. The monoisotopic (exact) mass is 412 g/mol. The standard InChI is InChI=1S/C23H20N6O2/c1-16-22(29-14-6-5-9-21(29)25-16)27-26-19-12-10-17(11-13-19)23(30)28-24-15-18-7-3-4-8-20(18)31-2/h3-15H,1-2H3,(H,28,30)/b24-15+,27-26?. The molecular weight excluding hydrogens is 392 g/mol. The first kappa shape index (κ1) is 20.0. The van der Waals surface area contributed by atoms with Crippen LogP contribution in [0, 0.1) is 6.92 Å². The number of benzene rings is 2. The summed E-state index contributed by atoms with van der Waals surface area (Å²) in [6, 6.07) is 19.9. The number of carbonyl (C=O) groups is 1. The lowest BCUT2D eigenvalue weighted by atomic mass is 10.2. The zero-order chi connectivity index (χ0) is 21.6. The number of nitrogens with one attached hydrogen (secondary N) is 1. The van der Waals surface area contributed by atoms with Crippen LogP contribution in [0.4, 0.5) is 11.5 Å². The van der Waals surface area contributed by atoms with Gasteiger partial charge in [0, 0.05) is 17.3 Å². The average molecular weight is 412 g/mol. The Morgan fingerprint density at radius 3 is 2.61 bits per heavy atom. The molecule has 0 atom stereocenters. The molecular formula is C23H20N6O2. The van der Waals surface area contributed by atoms with Crippen molar-refractivity contribution in [1.29, 1.82) is 0 Å². The van der Waals surface area contributed by atoms with E-state index in [9.17, 15) is 4.79 Å². The predicted octanol–water partition coefficient (Wildman–Crippen LogP) is 4.83. The van der Waals surface area contributed by atoms with Gasteiger partial charge in [-0.3, -0.25) is 9.20 Å². The van der Waals surface area contributed by atoms with Gasteiger partial charge in [0.2, 0.25) is 0 Å². The molecule has 0 aliphatic rings. The van der Waals surface area contributed by atoms with E-state index >= 15 is 0 Å². The summed E-state index contributed by atoms with van der Waals surface area (Å²) in [5.74, 6) is 1.02. The Bertz CT molecular complexity index is 1270. The Kier molecular flexibility index (Phi) is 5.79. The number of aromatic nitrogens is 2. The van der Waals surface area contributed by atoms with Crippen LogP contribution >= 0.6 is 0 Å². The zero-order valence-electron chi connectivity index (χ0n) is 17.1. The van der Waals surface area contributed by atoms with Crippen LogP contribution in [0.3, 0.4) is 0 Å². The van der Waals surface area contributed by atoms with E-state index in [1.54, 1.807) is 31.4 Å². The SMILES string of the molecule is COc1ccccc1/C=N/NC(=O)c1ccc(N=Nc2c(C)nc3ccccn23)cc1. The maximum absolute atomic E-state index is 12.3. The highest BCUT2D eigenvalue weighted by Gasteiger charge is 2.07. The van der Waals surface area contributed by atoms with Gasteiger partial charge in [-0.05, 0) is 55.5 Å². The number of nitrogens with zero attached hydrogens (tertiary/aromatic N) is 5. The van der Waals surface area contributed by atoms with Crippen molar-refractivity contribution in [3.63, 3.8) is 0 Å². The van der Waals surface area contributed by atoms with Crippen molar-refractivity contribution in [3.8, 4) is 5.75 Å². The van der Waals surface area contributed by atoms with Crippen LogP contribution in [0.2, 0.25) is 0 Å². The summed E-state index contributed by atoms with van der Waals surface area (Å²) in [4.78, 5) is 16.8. The third-order valence-electron chi connectivity index (χ3n) is 4.57. The smallest absolute Gasteiger partial charge is 0.271 e. The molecule has 31 heavy (non-hydrogen) atoms. The van der Waals surface area contributed by atoms with Crippen LogP contribution in [0.1, 0.15) is 21.6 Å². The molecule has 8 nitrogen and oxygen atoms in total. The van der Waals surface area contributed by atoms with Crippen molar-refractivity contribution in [2.24, 2.45) is 15.3 Å². The summed E-state index contributed by atoms with van der Waals surface area (Å²) in [7, 11) is 1.58. The fourth-order valence-corrected chi connectivity index (χ4v) is 3.00. The van der Waals surface area contributed by atoms with Crippen molar-refractivity contribution in [3.05, 3.63) is 89.7 Å². The lowest BCUT2D eigenvalue weighted by molar-refractivity contribution is 0.0955. The highest BCUT2D eigenvalue weighted by Crippen LogP contribution is 2.23. The Balaban J connectivity index is 1.43. The first-order valence-electron chi connectivity index (χ1n) is 9.57. The van der Waals surface area contributed by atoms with Gasteiger partial charge in [-0.15, -0.1) is 10.2 Å². The maximum atomic E-state index is 12.3. The zero-order valence-corrected chi connectivity index (χ0v) is 17.1. The number of para-hydroxylation sites is 1. The average Bonchev–Trinajstić information content (AvgIpc) is 3.13. The number of carbonyl (C=O) groups excluding carboxylic acids is 1. The maximum Gasteiger partial charge on any atom is 0.271 e. The summed E-state index contributed by atoms with van der Waals surface area (Å²) in [5, 5.41) is 12.6. The minimum atomic E-state index is -0.327. The molecule has 0 radical (unpaired) electrons. The summed E-state index contributed by atoms with van der Waals surface area (Å²) >= 11 is 0. The molecule has 0 saturated carbocycles. The molecule has 4 aromatic rings. The van der Waals surface area contributed by atoms with Crippen LogP contribution in [-0.4, -0.2) is 28.6 Å². The highest BCUT2D eigenvalue weighted by molar-refractivity contribution is 5.95. The number of aryl methyl sites for hydroxylation is 1. The van der Waals surface area contributed by atoms with E-state index in [2.05, 4.69) is 25.7 Å². The molecule has 0 saturated heterocycles. The van der Waals surface area contributed by atoms with E-state index in [4.69, 9.17) is 4.74 Å². The molecule has 2 aromatic carbocycles. The third-order valence-corrected chi connectivity index (χ3v) is 4.57. The molecule has 1 amide bonds. The van der Waals surface area contributed by atoms with Gasteiger partial charge in [0.05, 0.1) is 24.7 Å². The molecule has 4 rings (SSSR count). The summed E-state index contributed by atoms with van der Waals surface area (Å²) in [6.07, 6.45) is 3.43. The number of ether oxygens (including phenoxy) is 1. The number of hydrogen-bond donors (Lipinski definition) is 1. The molecule has 2 aromatic heterocycles. The minimum Gasteiger partial charge on any atom is -0.496 e. The van der Waals surface area contributed by atoms with Gasteiger partial charge in [0.15, 0.2) is 5.82 Å². The van der Waals surface area contributed by atoms with E-state index in [0.29, 0.717) is 22.8 Å². The Morgan fingerprint density at radius 1 is 1.03 bits per heavy atom. The van der Waals surface area contributed by atoms with Gasteiger partial charge in [-0.1, -0.05) is 18.2 Å². The molecule has 0 bridgehead atoms. The number of azo groups is 1. The first-order chi connectivity index (χ1) is 15.2. The second kappa shape index (κ2) is 9.00. The molecule has 0 spiro atoms. The quantitative estimate of drug-likeness (QED) is 0.279. The lowest BCUT2D eigenvalue weighted by Crippen LogP contribution is -2.17. The number of fused-ring (bicyclic) bond motifs is 1. The summed E-state index contributed by atoms with van der Waals surface area (Å²) < 4.78 is 7.13. The highest BCUT2D eigenvalue weighted by atomic mass is 16.5. The fourth-order valence-electron chi connectivity index (χ4n) is 3.00. The van der Waals surface area contributed by atoms with Gasteiger partial charge in [0.1, 0.15) is 11.4 Å². The van der Waals surface area contributed by atoms with Crippen molar-refractivity contribution in [2.45, 2.75) is 6.92 Å². The van der Waals surface area contributed by atoms with E-state index in [-0.39, 0.29) is 5.91 Å². The number of imidazole rings is 1. The predicted molar refractivity (Wildman–Crippen MR) is 119 cm³/mol. The minimum absolute atomic E-state index is 0.327. The summed E-state index contributed by atoms with van der Waals surface area (Å²) in [6.45, 7) is 1.89. The van der Waals surface area contributed by atoms with Crippen LogP contribution in [0.15, 0.2) is 88.3 Å². The number of pyridine rings is 1. The molecule has 1 N–H and O–H groups in total. The molecule has 2 heterocycles. The van der Waals surface area contributed by atoms with Crippen molar-refractivity contribution in [1.82, 2.24) is 14.8 Å². The van der Waals surface area contributed by atoms with Crippen molar-refractivity contribution >= 4 is 29.3 Å². The molecule has 154 valence electrons. The molecule has 0 unspecified atom stereocenters. The van der Waals surface area contributed by atoms with Gasteiger partial charge in [0.25, 0.3) is 5.91 Å². The van der Waals surface area contributed by atoms with E-state index in [1.165, 1.54) is 6.21 Å². The number of hydrazone groups is 1. The Morgan fingerprint density at radius 2 is 1.81 bits per heavy atom. The second-order valence-corrected chi connectivity index (χ2v) is 6.64. The number of hydrogen-bond acceptors (Lipinski definition) is 6. The number of rotatable bonds is 6. The van der Waals surface area contributed by atoms with Crippen LogP contribution < -0.4 is 10.2 Å². The van der Waals surface area contributed by atoms with Crippen LogP contribution in [-0.2, 0) is 0 Å². The summed E-state index contributed by atoms with van der Waals surface area (Å²) in [5.41, 5.74) is 5.97. The molecule has 0 aliphatic heterocycles. The topological polar surface area (TPSA) is 92.7 Å². The van der Waals surface area contributed by atoms with Gasteiger partial charge >= 0.3 is 0 Å². The van der Waals surface area contributed by atoms with Gasteiger partial charge in [-0.25, -0.2) is 10.4 Å². The molecule has 0 aliphatic carbocycles. The third kappa shape index (κ3) is 4.48. The second-order valence-electron chi connectivity index (χ2n) is 6.64. The Hall–Kier alpha value is -4.33. The number of amides is 1. The number of methoxy groups -OCH3 is 1. The first-order valence-corrected chi connectivity index (χ1v) is 9.57. The van der Waals surface area contributed by atoms with Crippen molar-refractivity contribution in [2.75, 3.05) is 7.11 Å².